The third-order valence-corrected chi connectivity index (χ3v) is 3.92. The predicted octanol–water partition coefficient (Wildman–Crippen LogP) is 2.94. The zero-order chi connectivity index (χ0) is 15.4. The summed E-state index contributed by atoms with van der Waals surface area (Å²) in [5.74, 6) is 0.970. The third kappa shape index (κ3) is 3.68. The molecule has 0 unspecified atom stereocenters. The number of nitrogens with zero attached hydrogens (tertiary/aromatic N) is 2. The van der Waals surface area contributed by atoms with Crippen LogP contribution in [0.15, 0.2) is 47.1 Å². The first kappa shape index (κ1) is 14.7. The van der Waals surface area contributed by atoms with E-state index >= 15 is 0 Å². The SMILES string of the molecule is Cc1ccc(NC(=O)N2CCN(Cc3ccco3)CC2)cc1. The van der Waals surface area contributed by atoms with Gasteiger partial charge in [0.1, 0.15) is 5.76 Å². The van der Waals surface area contributed by atoms with Crippen LogP contribution in [0.5, 0.6) is 0 Å². The average Bonchev–Trinajstić information content (AvgIpc) is 3.03. The molecule has 0 spiro atoms. The Kier molecular flexibility index (Phi) is 4.44. The Balaban J connectivity index is 1.48. The standard InChI is InChI=1S/C17H21N3O2/c1-14-4-6-15(7-5-14)18-17(21)20-10-8-19(9-11-20)13-16-3-2-12-22-16/h2-7,12H,8-11,13H2,1H3,(H,18,21). The smallest absolute Gasteiger partial charge is 0.321 e. The van der Waals surface area contributed by atoms with Crippen molar-refractivity contribution in [2.24, 2.45) is 0 Å². The predicted molar refractivity (Wildman–Crippen MR) is 85.8 cm³/mol. The molecule has 5 heteroatoms. The second kappa shape index (κ2) is 6.66. The lowest BCUT2D eigenvalue weighted by atomic mass is 10.2. The van der Waals surface area contributed by atoms with E-state index < -0.39 is 0 Å². The lowest BCUT2D eigenvalue weighted by Crippen LogP contribution is -2.49. The Morgan fingerprint density at radius 1 is 1.14 bits per heavy atom. The van der Waals surface area contributed by atoms with Crippen molar-refractivity contribution < 1.29 is 9.21 Å². The molecule has 1 fully saturated rings. The van der Waals surface area contributed by atoms with Gasteiger partial charge in [-0.3, -0.25) is 4.90 Å². The van der Waals surface area contributed by atoms with Gasteiger partial charge in [0.15, 0.2) is 0 Å². The highest BCUT2D eigenvalue weighted by Crippen LogP contribution is 2.12. The van der Waals surface area contributed by atoms with Crippen LogP contribution in [0.2, 0.25) is 0 Å². The molecule has 0 radical (unpaired) electrons. The van der Waals surface area contributed by atoms with E-state index in [-0.39, 0.29) is 6.03 Å². The summed E-state index contributed by atoms with van der Waals surface area (Å²) in [6.45, 7) is 6.03. The number of piperazine rings is 1. The molecule has 1 aliphatic heterocycles. The fourth-order valence-corrected chi connectivity index (χ4v) is 2.57. The van der Waals surface area contributed by atoms with Gasteiger partial charge in [0.25, 0.3) is 0 Å². The monoisotopic (exact) mass is 299 g/mol. The number of anilines is 1. The Morgan fingerprint density at radius 3 is 2.50 bits per heavy atom. The molecule has 116 valence electrons. The van der Waals surface area contributed by atoms with E-state index in [1.54, 1.807) is 6.26 Å². The minimum Gasteiger partial charge on any atom is -0.468 e. The number of benzene rings is 1. The summed E-state index contributed by atoms with van der Waals surface area (Å²) in [7, 11) is 0. The normalized spacial score (nSPS) is 15.8. The molecule has 1 saturated heterocycles. The second-order valence-corrected chi connectivity index (χ2v) is 5.64. The Morgan fingerprint density at radius 2 is 1.86 bits per heavy atom. The highest BCUT2D eigenvalue weighted by atomic mass is 16.3. The number of carbonyl (C=O) groups is 1. The molecule has 0 aliphatic carbocycles. The summed E-state index contributed by atoms with van der Waals surface area (Å²) < 4.78 is 5.36. The van der Waals surface area contributed by atoms with E-state index in [2.05, 4.69) is 10.2 Å². The Bertz CT molecular complexity index is 599. The van der Waals surface area contributed by atoms with Gasteiger partial charge in [-0.1, -0.05) is 17.7 Å². The summed E-state index contributed by atoms with van der Waals surface area (Å²) in [6, 6.07) is 11.7. The third-order valence-electron chi connectivity index (χ3n) is 3.92. The summed E-state index contributed by atoms with van der Waals surface area (Å²) in [4.78, 5) is 16.4. The van der Waals surface area contributed by atoms with Crippen LogP contribution in [0.25, 0.3) is 0 Å². The molecule has 5 nitrogen and oxygen atoms in total. The molecule has 1 N–H and O–H groups in total. The quantitative estimate of drug-likeness (QED) is 0.948. The van der Waals surface area contributed by atoms with E-state index in [1.807, 2.05) is 48.2 Å². The number of urea groups is 1. The van der Waals surface area contributed by atoms with E-state index in [0.29, 0.717) is 0 Å². The van der Waals surface area contributed by atoms with E-state index in [0.717, 1.165) is 44.2 Å². The highest BCUT2D eigenvalue weighted by Gasteiger charge is 2.21. The molecular formula is C17H21N3O2. The Labute approximate surface area is 130 Å². The van der Waals surface area contributed by atoms with Gasteiger partial charge >= 0.3 is 6.03 Å². The molecule has 0 saturated carbocycles. The number of carbonyl (C=O) groups excluding carboxylic acids is 1. The van der Waals surface area contributed by atoms with Crippen molar-refractivity contribution >= 4 is 11.7 Å². The van der Waals surface area contributed by atoms with Gasteiger partial charge in [0.05, 0.1) is 12.8 Å². The van der Waals surface area contributed by atoms with E-state index in [1.165, 1.54) is 5.56 Å². The molecule has 1 aromatic carbocycles. The lowest BCUT2D eigenvalue weighted by molar-refractivity contribution is 0.137. The van der Waals surface area contributed by atoms with Crippen molar-refractivity contribution in [3.63, 3.8) is 0 Å². The van der Waals surface area contributed by atoms with E-state index in [9.17, 15) is 4.79 Å². The first-order valence-electron chi connectivity index (χ1n) is 7.58. The fourth-order valence-electron chi connectivity index (χ4n) is 2.57. The van der Waals surface area contributed by atoms with Crippen molar-refractivity contribution in [2.75, 3.05) is 31.5 Å². The fraction of sp³-hybridized carbons (Fsp3) is 0.353. The van der Waals surface area contributed by atoms with E-state index in [4.69, 9.17) is 4.42 Å². The summed E-state index contributed by atoms with van der Waals surface area (Å²) in [5.41, 5.74) is 2.03. The zero-order valence-electron chi connectivity index (χ0n) is 12.8. The number of furan rings is 1. The van der Waals surface area contributed by atoms with Crippen molar-refractivity contribution in [2.45, 2.75) is 13.5 Å². The zero-order valence-corrected chi connectivity index (χ0v) is 12.8. The van der Waals surface area contributed by atoms with Crippen LogP contribution in [0.3, 0.4) is 0 Å². The topological polar surface area (TPSA) is 48.7 Å². The van der Waals surface area contributed by atoms with Crippen LogP contribution in [0.1, 0.15) is 11.3 Å². The summed E-state index contributed by atoms with van der Waals surface area (Å²) in [6.07, 6.45) is 1.70. The molecule has 1 aromatic heterocycles. The van der Waals surface area contributed by atoms with Crippen LogP contribution < -0.4 is 5.32 Å². The number of aryl methyl sites for hydroxylation is 1. The molecule has 0 atom stereocenters. The average molecular weight is 299 g/mol. The van der Waals surface area contributed by atoms with Crippen molar-refractivity contribution in [1.29, 1.82) is 0 Å². The molecule has 3 rings (SSSR count). The number of hydrogen-bond donors (Lipinski definition) is 1. The summed E-state index contributed by atoms with van der Waals surface area (Å²) in [5, 5.41) is 2.95. The van der Waals surface area contributed by atoms with Crippen LogP contribution in [0, 0.1) is 6.92 Å². The molecule has 1 aliphatic rings. The largest absolute Gasteiger partial charge is 0.468 e. The molecule has 22 heavy (non-hydrogen) atoms. The molecule has 2 aromatic rings. The summed E-state index contributed by atoms with van der Waals surface area (Å²) >= 11 is 0. The van der Waals surface area contributed by atoms with Crippen LogP contribution in [-0.2, 0) is 6.54 Å². The van der Waals surface area contributed by atoms with Crippen LogP contribution >= 0.6 is 0 Å². The number of hydrogen-bond acceptors (Lipinski definition) is 3. The maximum absolute atomic E-state index is 12.3. The van der Waals surface area contributed by atoms with Crippen LogP contribution in [-0.4, -0.2) is 42.0 Å². The molecule has 2 amide bonds. The highest BCUT2D eigenvalue weighted by molar-refractivity contribution is 5.89. The second-order valence-electron chi connectivity index (χ2n) is 5.64. The van der Waals surface area contributed by atoms with Gasteiger partial charge in [-0.2, -0.15) is 0 Å². The first-order chi connectivity index (χ1) is 10.7. The first-order valence-corrected chi connectivity index (χ1v) is 7.58. The van der Waals surface area contributed by atoms with Crippen molar-refractivity contribution in [1.82, 2.24) is 9.80 Å². The number of nitrogens with one attached hydrogen (secondary N) is 1. The van der Waals surface area contributed by atoms with Gasteiger partial charge in [0.2, 0.25) is 0 Å². The minimum atomic E-state index is -0.0264. The van der Waals surface area contributed by atoms with Crippen LogP contribution in [0.4, 0.5) is 10.5 Å². The lowest BCUT2D eigenvalue weighted by Gasteiger charge is -2.34. The van der Waals surface area contributed by atoms with Gasteiger partial charge in [0, 0.05) is 31.9 Å². The molecular weight excluding hydrogens is 278 g/mol. The minimum absolute atomic E-state index is 0.0264. The molecule has 2 heterocycles. The van der Waals surface area contributed by atoms with Gasteiger partial charge in [-0.05, 0) is 31.2 Å². The van der Waals surface area contributed by atoms with Gasteiger partial charge in [-0.25, -0.2) is 4.79 Å². The van der Waals surface area contributed by atoms with Gasteiger partial charge in [-0.15, -0.1) is 0 Å². The van der Waals surface area contributed by atoms with Gasteiger partial charge < -0.3 is 14.6 Å². The maximum Gasteiger partial charge on any atom is 0.321 e. The van der Waals surface area contributed by atoms with Crippen molar-refractivity contribution in [3.8, 4) is 0 Å². The maximum atomic E-state index is 12.3. The number of amides is 2. The Hall–Kier alpha value is -2.27. The molecule has 0 bridgehead atoms. The number of rotatable bonds is 3. The van der Waals surface area contributed by atoms with Crippen molar-refractivity contribution in [3.05, 3.63) is 54.0 Å².